The summed E-state index contributed by atoms with van der Waals surface area (Å²) in [5, 5.41) is 9.51. The molecule has 0 radical (unpaired) electrons. The van der Waals surface area contributed by atoms with Gasteiger partial charge in [0.05, 0.1) is 0 Å². The maximum Gasteiger partial charge on any atom is 0.323 e. The van der Waals surface area contributed by atoms with Crippen molar-refractivity contribution in [1.29, 1.82) is 0 Å². The molecule has 5 nitrogen and oxygen atoms in total. The van der Waals surface area contributed by atoms with E-state index in [4.69, 9.17) is 9.47 Å². The third-order valence-corrected chi connectivity index (χ3v) is 4.50. The number of carboxylic acids is 1. The number of fused-ring (bicyclic) bond motifs is 1. The van der Waals surface area contributed by atoms with Crippen molar-refractivity contribution in [3.63, 3.8) is 0 Å². The van der Waals surface area contributed by atoms with Gasteiger partial charge < -0.3 is 14.6 Å². The lowest BCUT2D eigenvalue weighted by molar-refractivity contribution is -0.149. The quantitative estimate of drug-likeness (QED) is 0.919. The molecule has 1 fully saturated rings. The number of hydrogen-bond donors (Lipinski definition) is 1. The maximum absolute atomic E-state index is 11.6. The standard InChI is InChI=1S/C15H19NO4/c1-10(16-7-3-6-15(16,2)14(17)18)11-4-5-12-13(8-11)20-9-19-12/h4-5,8,10H,3,6-7,9H2,1-2H3,(H,17,18). The molecule has 0 spiro atoms. The van der Waals surface area contributed by atoms with E-state index in [2.05, 4.69) is 4.90 Å². The smallest absolute Gasteiger partial charge is 0.323 e. The third kappa shape index (κ3) is 1.93. The van der Waals surface area contributed by atoms with Crippen LogP contribution >= 0.6 is 0 Å². The number of carboxylic acid groups (broad SMARTS) is 1. The van der Waals surface area contributed by atoms with Crippen LogP contribution in [0.3, 0.4) is 0 Å². The zero-order valence-corrected chi connectivity index (χ0v) is 11.8. The van der Waals surface area contributed by atoms with Crippen LogP contribution in [0.5, 0.6) is 11.5 Å². The van der Waals surface area contributed by atoms with E-state index in [0.29, 0.717) is 6.42 Å². The molecule has 3 rings (SSSR count). The molecule has 0 saturated carbocycles. The fraction of sp³-hybridized carbons (Fsp3) is 0.533. The summed E-state index contributed by atoms with van der Waals surface area (Å²) < 4.78 is 10.7. The molecule has 0 bridgehead atoms. The van der Waals surface area contributed by atoms with Crippen molar-refractivity contribution in [3.8, 4) is 11.5 Å². The summed E-state index contributed by atoms with van der Waals surface area (Å²) in [5.74, 6) is 0.747. The van der Waals surface area contributed by atoms with Crippen molar-refractivity contribution < 1.29 is 19.4 Å². The zero-order chi connectivity index (χ0) is 14.3. The van der Waals surface area contributed by atoms with Gasteiger partial charge in [0.25, 0.3) is 0 Å². The maximum atomic E-state index is 11.6. The highest BCUT2D eigenvalue weighted by molar-refractivity contribution is 5.78. The van der Waals surface area contributed by atoms with Gasteiger partial charge in [0.15, 0.2) is 11.5 Å². The van der Waals surface area contributed by atoms with Crippen LogP contribution in [0.25, 0.3) is 0 Å². The first-order chi connectivity index (χ1) is 9.52. The summed E-state index contributed by atoms with van der Waals surface area (Å²) in [6.45, 7) is 4.91. The van der Waals surface area contributed by atoms with Crippen LogP contribution in [0.2, 0.25) is 0 Å². The third-order valence-electron chi connectivity index (χ3n) is 4.50. The molecular weight excluding hydrogens is 258 g/mol. The summed E-state index contributed by atoms with van der Waals surface area (Å²) in [7, 11) is 0. The molecule has 2 atom stereocenters. The second kappa shape index (κ2) is 4.66. The van der Waals surface area contributed by atoms with Crippen molar-refractivity contribution in [2.75, 3.05) is 13.3 Å². The van der Waals surface area contributed by atoms with E-state index in [0.717, 1.165) is 30.0 Å². The van der Waals surface area contributed by atoms with Gasteiger partial charge in [0.2, 0.25) is 6.79 Å². The van der Waals surface area contributed by atoms with E-state index in [1.807, 2.05) is 32.0 Å². The molecule has 0 aliphatic carbocycles. The molecule has 1 saturated heterocycles. The van der Waals surface area contributed by atoms with Gasteiger partial charge in [-0.3, -0.25) is 9.69 Å². The Labute approximate surface area is 118 Å². The van der Waals surface area contributed by atoms with Gasteiger partial charge >= 0.3 is 5.97 Å². The zero-order valence-electron chi connectivity index (χ0n) is 11.8. The number of nitrogens with zero attached hydrogens (tertiary/aromatic N) is 1. The molecule has 1 aromatic rings. The van der Waals surface area contributed by atoms with E-state index in [1.54, 1.807) is 0 Å². The largest absolute Gasteiger partial charge is 0.480 e. The average Bonchev–Trinajstić information content (AvgIpc) is 3.03. The Hall–Kier alpha value is -1.75. The highest BCUT2D eigenvalue weighted by Gasteiger charge is 2.45. The molecule has 2 aliphatic rings. The Balaban J connectivity index is 1.88. The van der Waals surface area contributed by atoms with Crippen molar-refractivity contribution in [3.05, 3.63) is 23.8 Å². The number of carbonyl (C=O) groups is 1. The molecule has 0 aromatic heterocycles. The predicted molar refractivity (Wildman–Crippen MR) is 73.0 cm³/mol. The molecule has 5 heteroatoms. The number of hydrogen-bond acceptors (Lipinski definition) is 4. The second-order valence-corrected chi connectivity index (χ2v) is 5.66. The summed E-state index contributed by atoms with van der Waals surface area (Å²) >= 11 is 0. The van der Waals surface area contributed by atoms with E-state index in [1.165, 1.54) is 0 Å². The Morgan fingerprint density at radius 1 is 1.40 bits per heavy atom. The van der Waals surface area contributed by atoms with Gasteiger partial charge in [-0.15, -0.1) is 0 Å². The molecule has 0 amide bonds. The van der Waals surface area contributed by atoms with Gasteiger partial charge in [0.1, 0.15) is 5.54 Å². The van der Waals surface area contributed by atoms with Crippen LogP contribution in [-0.4, -0.2) is 34.9 Å². The van der Waals surface area contributed by atoms with Crippen molar-refractivity contribution in [2.24, 2.45) is 0 Å². The van der Waals surface area contributed by atoms with Crippen molar-refractivity contribution in [2.45, 2.75) is 38.3 Å². The molecule has 1 N–H and O–H groups in total. The number of ether oxygens (including phenoxy) is 2. The van der Waals surface area contributed by atoms with Crippen LogP contribution < -0.4 is 9.47 Å². The lowest BCUT2D eigenvalue weighted by atomic mass is 9.96. The van der Waals surface area contributed by atoms with Crippen LogP contribution in [0.1, 0.15) is 38.3 Å². The average molecular weight is 277 g/mol. The molecule has 1 aromatic carbocycles. The van der Waals surface area contributed by atoms with Gasteiger partial charge in [-0.05, 0) is 50.9 Å². The van der Waals surface area contributed by atoms with Crippen LogP contribution in [0.15, 0.2) is 18.2 Å². The topological polar surface area (TPSA) is 59.0 Å². The highest BCUT2D eigenvalue weighted by Crippen LogP contribution is 2.40. The summed E-state index contributed by atoms with van der Waals surface area (Å²) in [6.07, 6.45) is 1.61. The Morgan fingerprint density at radius 2 is 2.15 bits per heavy atom. The van der Waals surface area contributed by atoms with Crippen molar-refractivity contribution in [1.82, 2.24) is 4.90 Å². The van der Waals surface area contributed by atoms with Gasteiger partial charge in [-0.1, -0.05) is 6.07 Å². The molecule has 108 valence electrons. The molecule has 2 heterocycles. The first-order valence-electron chi connectivity index (χ1n) is 6.92. The summed E-state index contributed by atoms with van der Waals surface area (Å²) in [6, 6.07) is 5.86. The predicted octanol–water partition coefficient (Wildman–Crippen LogP) is 2.42. The van der Waals surface area contributed by atoms with E-state index >= 15 is 0 Å². The highest BCUT2D eigenvalue weighted by atomic mass is 16.7. The SMILES string of the molecule is CC(c1ccc2c(c1)OCO2)N1CCCC1(C)C(=O)O. The molecule has 2 aliphatic heterocycles. The normalized spacial score (nSPS) is 26.7. The number of likely N-dealkylation sites (tertiary alicyclic amines) is 1. The first-order valence-corrected chi connectivity index (χ1v) is 6.92. The van der Waals surface area contributed by atoms with E-state index in [-0.39, 0.29) is 12.8 Å². The van der Waals surface area contributed by atoms with Crippen LogP contribution in [-0.2, 0) is 4.79 Å². The van der Waals surface area contributed by atoms with E-state index < -0.39 is 11.5 Å². The Morgan fingerprint density at radius 3 is 2.90 bits per heavy atom. The van der Waals surface area contributed by atoms with Gasteiger partial charge in [-0.25, -0.2) is 0 Å². The molecular formula is C15H19NO4. The van der Waals surface area contributed by atoms with Crippen LogP contribution in [0.4, 0.5) is 0 Å². The van der Waals surface area contributed by atoms with Crippen LogP contribution in [0, 0.1) is 0 Å². The molecule has 20 heavy (non-hydrogen) atoms. The lowest BCUT2D eigenvalue weighted by Gasteiger charge is -2.36. The van der Waals surface area contributed by atoms with Gasteiger partial charge in [-0.2, -0.15) is 0 Å². The number of aliphatic carboxylic acids is 1. The number of rotatable bonds is 3. The number of benzene rings is 1. The lowest BCUT2D eigenvalue weighted by Crippen LogP contribution is -2.48. The van der Waals surface area contributed by atoms with E-state index in [9.17, 15) is 9.90 Å². The minimum atomic E-state index is -0.782. The Kier molecular flexibility index (Phi) is 3.09. The molecule has 2 unspecified atom stereocenters. The fourth-order valence-electron chi connectivity index (χ4n) is 3.19. The van der Waals surface area contributed by atoms with Gasteiger partial charge in [0, 0.05) is 6.04 Å². The monoisotopic (exact) mass is 277 g/mol. The summed E-state index contributed by atoms with van der Waals surface area (Å²) in [4.78, 5) is 13.6. The summed E-state index contributed by atoms with van der Waals surface area (Å²) in [5.41, 5.74) is 0.277. The minimum Gasteiger partial charge on any atom is -0.480 e. The minimum absolute atomic E-state index is 0.0353. The Bertz CT molecular complexity index is 545. The van der Waals surface area contributed by atoms with Crippen molar-refractivity contribution >= 4 is 5.97 Å². The first kappa shape index (κ1) is 13.2. The second-order valence-electron chi connectivity index (χ2n) is 5.66. The fourth-order valence-corrected chi connectivity index (χ4v) is 3.19.